The predicted octanol–water partition coefficient (Wildman–Crippen LogP) is -0.825. The van der Waals surface area contributed by atoms with Gasteiger partial charge in [-0.1, -0.05) is 0 Å². The molecule has 0 aromatic heterocycles. The van der Waals surface area contributed by atoms with Gasteiger partial charge in [-0.05, 0) is 13.0 Å². The third-order valence-electron chi connectivity index (χ3n) is 2.65. The van der Waals surface area contributed by atoms with Gasteiger partial charge in [-0.15, -0.1) is 0 Å². The Balaban J connectivity index is 2.07. The van der Waals surface area contributed by atoms with Gasteiger partial charge in [-0.25, -0.2) is 9.59 Å². The van der Waals surface area contributed by atoms with Gasteiger partial charge in [0, 0.05) is 31.8 Å². The summed E-state index contributed by atoms with van der Waals surface area (Å²) in [5.74, 6) is -2.01. The van der Waals surface area contributed by atoms with E-state index in [1.807, 2.05) is 5.32 Å². The summed E-state index contributed by atoms with van der Waals surface area (Å²) in [5, 5.41) is 12.8. The minimum absolute atomic E-state index is 0.444. The quantitative estimate of drug-likeness (QED) is 0.434. The number of hydrogen-bond acceptors (Lipinski definition) is 5. The number of morpholine rings is 1. The van der Waals surface area contributed by atoms with Crippen molar-refractivity contribution in [1.29, 1.82) is 0 Å². The average molecular weight is 285 g/mol. The standard InChI is InChI=1S/C12H19N3O5/c16-10(2-3-11(17)18)14-12(19)13-4-1-5-15-6-8-20-9-7-15/h2-3H,1,4-9H2,(H,17,18)(H2,13,14,16,19)/b3-2+. The monoisotopic (exact) mass is 285 g/mol. The summed E-state index contributed by atoms with van der Waals surface area (Å²) < 4.78 is 5.22. The number of urea groups is 1. The second kappa shape index (κ2) is 9.05. The van der Waals surface area contributed by atoms with Crippen LogP contribution in [0.15, 0.2) is 12.2 Å². The van der Waals surface area contributed by atoms with Crippen LogP contribution in [0.3, 0.4) is 0 Å². The van der Waals surface area contributed by atoms with Crippen molar-refractivity contribution in [1.82, 2.24) is 15.5 Å². The van der Waals surface area contributed by atoms with E-state index in [9.17, 15) is 14.4 Å². The Morgan fingerprint density at radius 1 is 1.20 bits per heavy atom. The van der Waals surface area contributed by atoms with Crippen LogP contribution >= 0.6 is 0 Å². The maximum atomic E-state index is 11.3. The molecule has 0 aliphatic carbocycles. The van der Waals surface area contributed by atoms with E-state index in [4.69, 9.17) is 9.84 Å². The maximum Gasteiger partial charge on any atom is 0.328 e. The van der Waals surface area contributed by atoms with Gasteiger partial charge in [0.25, 0.3) is 5.91 Å². The Kier molecular flexibility index (Phi) is 7.30. The van der Waals surface area contributed by atoms with E-state index in [1.54, 1.807) is 0 Å². The number of hydrogen-bond donors (Lipinski definition) is 3. The van der Waals surface area contributed by atoms with Gasteiger partial charge in [0.2, 0.25) is 0 Å². The molecule has 1 aliphatic rings. The van der Waals surface area contributed by atoms with Crippen molar-refractivity contribution in [3.05, 3.63) is 12.2 Å². The highest BCUT2D eigenvalue weighted by Crippen LogP contribution is 1.97. The SMILES string of the molecule is O=C(O)/C=C/C(=O)NC(=O)NCCCN1CCOCC1. The summed E-state index contributed by atoms with van der Waals surface area (Å²) in [6, 6.07) is -0.632. The molecule has 0 aromatic carbocycles. The zero-order valence-electron chi connectivity index (χ0n) is 11.1. The lowest BCUT2D eigenvalue weighted by molar-refractivity contribution is -0.131. The molecule has 0 unspecified atom stereocenters. The van der Waals surface area contributed by atoms with E-state index in [0.29, 0.717) is 12.6 Å². The number of imide groups is 1. The predicted molar refractivity (Wildman–Crippen MR) is 70.2 cm³/mol. The first kappa shape index (κ1) is 16.1. The van der Waals surface area contributed by atoms with E-state index in [2.05, 4.69) is 10.2 Å². The molecule has 0 spiro atoms. The lowest BCUT2D eigenvalue weighted by Crippen LogP contribution is -2.41. The minimum Gasteiger partial charge on any atom is -0.478 e. The van der Waals surface area contributed by atoms with Crippen molar-refractivity contribution in [2.75, 3.05) is 39.4 Å². The Morgan fingerprint density at radius 3 is 2.55 bits per heavy atom. The number of carboxylic acid groups (broad SMARTS) is 1. The van der Waals surface area contributed by atoms with Crippen LogP contribution < -0.4 is 10.6 Å². The van der Waals surface area contributed by atoms with E-state index in [0.717, 1.165) is 45.3 Å². The van der Waals surface area contributed by atoms with Crippen LogP contribution in [0, 0.1) is 0 Å². The first-order valence-electron chi connectivity index (χ1n) is 6.38. The van der Waals surface area contributed by atoms with Crippen LogP contribution in [0.4, 0.5) is 4.79 Å². The highest BCUT2D eigenvalue weighted by Gasteiger charge is 2.09. The van der Waals surface area contributed by atoms with Crippen molar-refractivity contribution in [3.8, 4) is 0 Å². The number of carboxylic acids is 1. The van der Waals surface area contributed by atoms with Crippen LogP contribution in [0.25, 0.3) is 0 Å². The molecule has 1 rings (SSSR count). The van der Waals surface area contributed by atoms with Gasteiger partial charge < -0.3 is 15.2 Å². The smallest absolute Gasteiger partial charge is 0.328 e. The number of carbonyl (C=O) groups excluding carboxylic acids is 2. The molecule has 0 radical (unpaired) electrons. The molecule has 3 N–H and O–H groups in total. The molecule has 0 saturated carbocycles. The van der Waals surface area contributed by atoms with Gasteiger partial charge in [-0.2, -0.15) is 0 Å². The summed E-state index contributed by atoms with van der Waals surface area (Å²) >= 11 is 0. The van der Waals surface area contributed by atoms with Crippen LogP contribution in [0.2, 0.25) is 0 Å². The maximum absolute atomic E-state index is 11.3. The highest BCUT2D eigenvalue weighted by atomic mass is 16.5. The van der Waals surface area contributed by atoms with E-state index in [1.165, 1.54) is 0 Å². The summed E-state index contributed by atoms with van der Waals surface area (Å²) in [7, 11) is 0. The Bertz CT molecular complexity index is 377. The van der Waals surface area contributed by atoms with Gasteiger partial charge in [0.1, 0.15) is 0 Å². The van der Waals surface area contributed by atoms with E-state index >= 15 is 0 Å². The number of rotatable bonds is 6. The molecule has 1 aliphatic heterocycles. The molecule has 8 heteroatoms. The molecule has 1 heterocycles. The first-order valence-corrected chi connectivity index (χ1v) is 6.38. The van der Waals surface area contributed by atoms with Gasteiger partial charge in [0.15, 0.2) is 0 Å². The summed E-state index contributed by atoms with van der Waals surface area (Å²) in [4.78, 5) is 34.8. The molecule has 8 nitrogen and oxygen atoms in total. The molecule has 20 heavy (non-hydrogen) atoms. The number of aliphatic carboxylic acids is 1. The normalized spacial score (nSPS) is 16.0. The average Bonchev–Trinajstić information content (AvgIpc) is 2.42. The molecule has 0 aromatic rings. The lowest BCUT2D eigenvalue weighted by atomic mass is 10.3. The van der Waals surface area contributed by atoms with Gasteiger partial charge in [-0.3, -0.25) is 15.0 Å². The second-order valence-corrected chi connectivity index (χ2v) is 4.22. The molecule has 0 atom stereocenters. The second-order valence-electron chi connectivity index (χ2n) is 4.22. The molecule has 1 fully saturated rings. The molecule has 1 saturated heterocycles. The van der Waals surface area contributed by atoms with Crippen molar-refractivity contribution in [2.45, 2.75) is 6.42 Å². The Hall–Kier alpha value is -1.93. The summed E-state index contributed by atoms with van der Waals surface area (Å²) in [6.07, 6.45) is 2.23. The summed E-state index contributed by atoms with van der Waals surface area (Å²) in [6.45, 7) is 4.56. The first-order chi connectivity index (χ1) is 9.58. The van der Waals surface area contributed by atoms with Crippen LogP contribution in [0.5, 0.6) is 0 Å². The number of carbonyl (C=O) groups is 3. The number of nitrogens with one attached hydrogen (secondary N) is 2. The van der Waals surface area contributed by atoms with Crippen molar-refractivity contribution < 1.29 is 24.2 Å². The zero-order valence-corrected chi connectivity index (χ0v) is 11.1. The number of ether oxygens (including phenoxy) is 1. The largest absolute Gasteiger partial charge is 0.478 e. The third-order valence-corrected chi connectivity index (χ3v) is 2.65. The van der Waals surface area contributed by atoms with Gasteiger partial charge in [0.05, 0.1) is 13.2 Å². The molecule has 3 amide bonds. The van der Waals surface area contributed by atoms with Crippen LogP contribution in [0.1, 0.15) is 6.42 Å². The third kappa shape index (κ3) is 7.49. The Morgan fingerprint density at radius 2 is 1.90 bits per heavy atom. The van der Waals surface area contributed by atoms with E-state index < -0.39 is 17.9 Å². The molecule has 0 bridgehead atoms. The number of amides is 3. The van der Waals surface area contributed by atoms with Crippen LogP contribution in [-0.4, -0.2) is 67.3 Å². The van der Waals surface area contributed by atoms with Crippen molar-refractivity contribution in [2.24, 2.45) is 0 Å². The Labute approximate surface area is 116 Å². The number of nitrogens with zero attached hydrogens (tertiary/aromatic N) is 1. The van der Waals surface area contributed by atoms with Crippen molar-refractivity contribution in [3.63, 3.8) is 0 Å². The zero-order chi connectivity index (χ0) is 14.8. The summed E-state index contributed by atoms with van der Waals surface area (Å²) in [5.41, 5.74) is 0. The molecular formula is C12H19N3O5. The van der Waals surface area contributed by atoms with Crippen LogP contribution in [-0.2, 0) is 14.3 Å². The fraction of sp³-hybridized carbons (Fsp3) is 0.583. The molecular weight excluding hydrogens is 266 g/mol. The minimum atomic E-state index is -1.24. The van der Waals surface area contributed by atoms with Gasteiger partial charge >= 0.3 is 12.0 Å². The van der Waals surface area contributed by atoms with Crippen molar-refractivity contribution >= 4 is 17.9 Å². The fourth-order valence-corrected chi connectivity index (χ4v) is 1.67. The molecule has 112 valence electrons. The fourth-order valence-electron chi connectivity index (χ4n) is 1.67. The highest BCUT2D eigenvalue weighted by molar-refractivity contribution is 6.02. The lowest BCUT2D eigenvalue weighted by Gasteiger charge is -2.26. The van der Waals surface area contributed by atoms with E-state index in [-0.39, 0.29) is 0 Å². The topological polar surface area (TPSA) is 108 Å².